The van der Waals surface area contributed by atoms with Gasteiger partial charge in [-0.25, -0.2) is 0 Å². The molecule has 4 rings (SSSR count). The van der Waals surface area contributed by atoms with Gasteiger partial charge in [-0.3, -0.25) is 9.59 Å². The Labute approximate surface area is 176 Å². The molecule has 0 radical (unpaired) electrons. The lowest BCUT2D eigenvalue weighted by molar-refractivity contribution is -0.120. The summed E-state index contributed by atoms with van der Waals surface area (Å²) in [5, 5.41) is 2.90. The van der Waals surface area contributed by atoms with Crippen LogP contribution in [0.5, 0.6) is 5.75 Å². The minimum Gasteiger partial charge on any atom is -0.484 e. The first-order chi connectivity index (χ1) is 14.6. The largest absolute Gasteiger partial charge is 0.484 e. The van der Waals surface area contributed by atoms with E-state index in [1.165, 1.54) is 5.56 Å². The third-order valence-corrected chi connectivity index (χ3v) is 5.23. The highest BCUT2D eigenvalue weighted by molar-refractivity contribution is 5.97. The van der Waals surface area contributed by atoms with E-state index in [2.05, 4.69) is 11.4 Å². The molecule has 5 heteroatoms. The summed E-state index contributed by atoms with van der Waals surface area (Å²) in [5.41, 5.74) is 3.66. The number of hydrogen-bond donors (Lipinski definition) is 1. The first-order valence-electron chi connectivity index (χ1n) is 10.1. The van der Waals surface area contributed by atoms with Crippen molar-refractivity contribution in [2.75, 3.05) is 11.5 Å². The second kappa shape index (κ2) is 8.82. The summed E-state index contributed by atoms with van der Waals surface area (Å²) in [7, 11) is 0. The minimum absolute atomic E-state index is 0.0756. The molecule has 0 aromatic heterocycles. The highest BCUT2D eigenvalue weighted by atomic mass is 16.5. The van der Waals surface area contributed by atoms with Crippen molar-refractivity contribution in [2.45, 2.75) is 25.9 Å². The predicted octanol–water partition coefficient (Wildman–Crippen LogP) is 3.97. The number of amides is 2. The van der Waals surface area contributed by atoms with E-state index >= 15 is 0 Å². The van der Waals surface area contributed by atoms with E-state index < -0.39 is 0 Å². The molecule has 0 aliphatic carbocycles. The Hall–Kier alpha value is -3.60. The third kappa shape index (κ3) is 4.35. The predicted molar refractivity (Wildman–Crippen MR) is 117 cm³/mol. The van der Waals surface area contributed by atoms with Crippen LogP contribution in [0.15, 0.2) is 78.9 Å². The molecule has 3 aromatic rings. The molecule has 0 bridgehead atoms. The molecule has 5 nitrogen and oxygen atoms in total. The van der Waals surface area contributed by atoms with Gasteiger partial charge in [-0.2, -0.15) is 0 Å². The Morgan fingerprint density at radius 3 is 2.60 bits per heavy atom. The van der Waals surface area contributed by atoms with Gasteiger partial charge in [0.2, 0.25) is 0 Å². The van der Waals surface area contributed by atoms with E-state index in [1.807, 2.05) is 55.5 Å². The summed E-state index contributed by atoms with van der Waals surface area (Å²) < 4.78 is 5.73. The molecular weight excluding hydrogens is 376 g/mol. The van der Waals surface area contributed by atoms with Crippen molar-refractivity contribution in [1.29, 1.82) is 0 Å². The van der Waals surface area contributed by atoms with E-state index in [0.29, 0.717) is 17.9 Å². The number of anilines is 1. The average molecular weight is 400 g/mol. The van der Waals surface area contributed by atoms with E-state index in [1.54, 1.807) is 29.2 Å². The summed E-state index contributed by atoms with van der Waals surface area (Å²) in [6.07, 6.45) is 0.846. The number of rotatable bonds is 6. The fourth-order valence-corrected chi connectivity index (χ4v) is 3.77. The molecular formula is C25H24N2O3. The summed E-state index contributed by atoms with van der Waals surface area (Å²) in [5.74, 6) is 0.222. The quantitative estimate of drug-likeness (QED) is 0.681. The lowest BCUT2D eigenvalue weighted by Crippen LogP contribution is -2.39. The van der Waals surface area contributed by atoms with Crippen LogP contribution in [0.25, 0.3) is 0 Å². The van der Waals surface area contributed by atoms with Crippen LogP contribution in [-0.2, 0) is 17.8 Å². The number of hydrogen-bond acceptors (Lipinski definition) is 3. The third-order valence-electron chi connectivity index (χ3n) is 5.23. The molecule has 0 saturated heterocycles. The van der Waals surface area contributed by atoms with Crippen molar-refractivity contribution in [3.63, 3.8) is 0 Å². The monoisotopic (exact) mass is 400 g/mol. The molecule has 0 saturated carbocycles. The van der Waals surface area contributed by atoms with Crippen LogP contribution >= 0.6 is 0 Å². The molecule has 0 fully saturated rings. The summed E-state index contributed by atoms with van der Waals surface area (Å²) >= 11 is 0. The van der Waals surface area contributed by atoms with Crippen LogP contribution in [-0.4, -0.2) is 24.5 Å². The number of benzene rings is 3. The van der Waals surface area contributed by atoms with Gasteiger partial charge in [-0.05, 0) is 48.7 Å². The smallest absolute Gasteiger partial charge is 0.265 e. The van der Waals surface area contributed by atoms with Crippen molar-refractivity contribution in [3.05, 3.63) is 95.6 Å². The van der Waals surface area contributed by atoms with E-state index in [-0.39, 0.29) is 24.5 Å². The van der Waals surface area contributed by atoms with Crippen molar-refractivity contribution < 1.29 is 14.3 Å². The fourth-order valence-electron chi connectivity index (χ4n) is 3.77. The zero-order valence-electron chi connectivity index (χ0n) is 16.9. The highest BCUT2D eigenvalue weighted by Gasteiger charge is 2.30. The Kier molecular flexibility index (Phi) is 5.80. The number of para-hydroxylation sites is 1. The highest BCUT2D eigenvalue weighted by Crippen LogP contribution is 2.31. The maximum absolute atomic E-state index is 12.8. The standard InChI is InChI=1S/C25H24N2O3/c1-18-14-20-10-5-6-13-23(20)27(18)24(28)17-30-22-12-7-11-21(15-22)25(29)26-16-19-8-3-2-4-9-19/h2-13,15,18H,14,16-17H2,1H3,(H,26,29)/t18-/m1/s1. The molecule has 0 spiro atoms. The zero-order chi connectivity index (χ0) is 20.9. The lowest BCUT2D eigenvalue weighted by atomic mass is 10.1. The molecule has 1 aliphatic heterocycles. The molecule has 152 valence electrons. The first kappa shape index (κ1) is 19.7. The fraction of sp³-hybridized carbons (Fsp3) is 0.200. The number of carbonyl (C=O) groups is 2. The summed E-state index contributed by atoms with van der Waals surface area (Å²) in [4.78, 5) is 27.0. The van der Waals surface area contributed by atoms with E-state index in [4.69, 9.17) is 4.74 Å². The van der Waals surface area contributed by atoms with Gasteiger partial charge < -0.3 is 15.0 Å². The second-order valence-electron chi connectivity index (χ2n) is 7.43. The van der Waals surface area contributed by atoms with Crippen LogP contribution in [0.4, 0.5) is 5.69 Å². The molecule has 0 unspecified atom stereocenters. The lowest BCUT2D eigenvalue weighted by Gasteiger charge is -2.22. The number of fused-ring (bicyclic) bond motifs is 1. The van der Waals surface area contributed by atoms with Crippen LogP contribution in [0.2, 0.25) is 0 Å². The summed E-state index contributed by atoms with van der Waals surface area (Å²) in [6, 6.07) is 24.7. The molecule has 2 amide bonds. The van der Waals surface area contributed by atoms with Gasteiger partial charge in [0.15, 0.2) is 6.61 Å². The van der Waals surface area contributed by atoms with Gasteiger partial charge in [0.25, 0.3) is 11.8 Å². The average Bonchev–Trinajstić information content (AvgIpc) is 3.12. The van der Waals surface area contributed by atoms with Gasteiger partial charge in [0.05, 0.1) is 0 Å². The van der Waals surface area contributed by atoms with E-state index in [0.717, 1.165) is 17.7 Å². The van der Waals surface area contributed by atoms with Gasteiger partial charge >= 0.3 is 0 Å². The Bertz CT molecular complexity index is 1050. The van der Waals surface area contributed by atoms with E-state index in [9.17, 15) is 9.59 Å². The van der Waals surface area contributed by atoms with Crippen LogP contribution < -0.4 is 15.0 Å². The number of ether oxygens (including phenoxy) is 1. The van der Waals surface area contributed by atoms with Gasteiger partial charge in [-0.15, -0.1) is 0 Å². The van der Waals surface area contributed by atoms with Crippen molar-refractivity contribution in [2.24, 2.45) is 0 Å². The maximum atomic E-state index is 12.8. The normalized spacial score (nSPS) is 14.8. The second-order valence-corrected chi connectivity index (χ2v) is 7.43. The number of carbonyl (C=O) groups excluding carboxylic acids is 2. The molecule has 30 heavy (non-hydrogen) atoms. The van der Waals surface area contributed by atoms with Crippen molar-refractivity contribution >= 4 is 17.5 Å². The van der Waals surface area contributed by atoms with Crippen LogP contribution in [0.1, 0.15) is 28.4 Å². The SMILES string of the molecule is C[C@@H]1Cc2ccccc2N1C(=O)COc1cccc(C(=O)NCc2ccccc2)c1. The molecule has 1 aliphatic rings. The molecule has 1 atom stereocenters. The zero-order valence-corrected chi connectivity index (χ0v) is 16.9. The molecule has 3 aromatic carbocycles. The van der Waals surface area contributed by atoms with Gasteiger partial charge in [-0.1, -0.05) is 54.6 Å². The molecule has 1 N–H and O–H groups in total. The number of nitrogens with zero attached hydrogens (tertiary/aromatic N) is 1. The van der Waals surface area contributed by atoms with Gasteiger partial charge in [0, 0.05) is 23.8 Å². The summed E-state index contributed by atoms with van der Waals surface area (Å²) in [6.45, 7) is 2.42. The Morgan fingerprint density at radius 1 is 1.00 bits per heavy atom. The minimum atomic E-state index is -0.183. The van der Waals surface area contributed by atoms with Gasteiger partial charge in [0.1, 0.15) is 5.75 Å². The number of nitrogens with one attached hydrogen (secondary N) is 1. The Morgan fingerprint density at radius 2 is 1.77 bits per heavy atom. The van der Waals surface area contributed by atoms with Crippen LogP contribution in [0, 0.1) is 0 Å². The van der Waals surface area contributed by atoms with Crippen LogP contribution in [0.3, 0.4) is 0 Å². The topological polar surface area (TPSA) is 58.6 Å². The molecule has 1 heterocycles. The maximum Gasteiger partial charge on any atom is 0.265 e. The van der Waals surface area contributed by atoms with Crippen molar-refractivity contribution in [3.8, 4) is 5.75 Å². The van der Waals surface area contributed by atoms with Crippen molar-refractivity contribution in [1.82, 2.24) is 5.32 Å². The Balaban J connectivity index is 1.36. The first-order valence-corrected chi connectivity index (χ1v) is 10.1.